The van der Waals surface area contributed by atoms with Crippen molar-refractivity contribution in [2.24, 2.45) is 0 Å². The van der Waals surface area contributed by atoms with Crippen molar-refractivity contribution in [2.45, 2.75) is 42.8 Å². The molecule has 0 radical (unpaired) electrons. The first kappa shape index (κ1) is 22.8. The summed E-state index contributed by atoms with van der Waals surface area (Å²) in [5, 5.41) is 2.87. The Balaban J connectivity index is 1.43. The van der Waals surface area contributed by atoms with E-state index in [2.05, 4.69) is 57.4 Å². The van der Waals surface area contributed by atoms with Gasteiger partial charge in [0.25, 0.3) is 0 Å². The highest BCUT2D eigenvalue weighted by molar-refractivity contribution is 9.10. The average Bonchev–Trinajstić information content (AvgIpc) is 3.25. The summed E-state index contributed by atoms with van der Waals surface area (Å²) < 4.78 is 27.0. The van der Waals surface area contributed by atoms with Crippen molar-refractivity contribution in [2.75, 3.05) is 18.0 Å². The van der Waals surface area contributed by atoms with Gasteiger partial charge >= 0.3 is 0 Å². The Labute approximate surface area is 201 Å². The maximum absolute atomic E-state index is 13.1. The number of aromatic nitrogens is 1. The van der Waals surface area contributed by atoms with E-state index in [1.54, 1.807) is 29.5 Å². The summed E-state index contributed by atoms with van der Waals surface area (Å²) in [5.74, 6) is 0. The summed E-state index contributed by atoms with van der Waals surface area (Å²) >= 11 is 11.2. The highest BCUT2D eigenvalue weighted by Gasteiger charge is 2.33. The zero-order chi connectivity index (χ0) is 22.0. The van der Waals surface area contributed by atoms with Crippen LogP contribution < -0.4 is 4.90 Å². The van der Waals surface area contributed by atoms with Gasteiger partial charge in [-0.25, -0.2) is 13.4 Å². The molecule has 4 nitrogen and oxygen atoms in total. The normalized spacial score (nSPS) is 15.4. The van der Waals surface area contributed by atoms with Crippen LogP contribution in [-0.2, 0) is 16.3 Å². The van der Waals surface area contributed by atoms with E-state index in [0.29, 0.717) is 25.9 Å². The van der Waals surface area contributed by atoms with Crippen LogP contribution in [0.1, 0.15) is 31.7 Å². The third-order valence-corrected chi connectivity index (χ3v) is 9.77. The molecule has 1 saturated heterocycles. The van der Waals surface area contributed by atoms with Crippen LogP contribution in [0, 0.1) is 0 Å². The Bertz CT molecular complexity index is 1150. The molecule has 31 heavy (non-hydrogen) atoms. The molecule has 164 valence electrons. The molecular formula is C23H24BrClN2O2S2. The third-order valence-electron chi connectivity index (χ3n) is 5.63. The Morgan fingerprint density at radius 1 is 1.16 bits per heavy atom. The lowest BCUT2D eigenvalue weighted by molar-refractivity contribution is 0.529. The van der Waals surface area contributed by atoms with E-state index in [-0.39, 0.29) is 9.92 Å². The van der Waals surface area contributed by atoms with E-state index in [1.165, 1.54) is 5.56 Å². The monoisotopic (exact) mass is 538 g/mol. The van der Waals surface area contributed by atoms with Crippen molar-refractivity contribution in [1.82, 2.24) is 4.98 Å². The Morgan fingerprint density at radius 2 is 1.87 bits per heavy atom. The number of halogens is 2. The van der Waals surface area contributed by atoms with Crippen molar-refractivity contribution < 1.29 is 8.42 Å². The summed E-state index contributed by atoms with van der Waals surface area (Å²) in [6, 6.07) is 13.5. The molecule has 1 aliphatic heterocycles. The van der Waals surface area contributed by atoms with Crippen molar-refractivity contribution in [3.8, 4) is 11.3 Å². The SMILES string of the molecule is CCCc1ccc(-c2csc(N3CCC(S(=O)(=O)c4ccc(Br)cc4Cl)CC3)n2)cc1. The van der Waals surface area contributed by atoms with Crippen LogP contribution in [0.2, 0.25) is 5.02 Å². The Morgan fingerprint density at radius 3 is 2.52 bits per heavy atom. The second-order valence-corrected chi connectivity index (χ2v) is 12.1. The van der Waals surface area contributed by atoms with Crippen LogP contribution in [-0.4, -0.2) is 31.7 Å². The molecule has 2 aromatic carbocycles. The summed E-state index contributed by atoms with van der Waals surface area (Å²) in [6.45, 7) is 3.52. The molecule has 4 rings (SSSR count). The van der Waals surface area contributed by atoms with Crippen LogP contribution in [0.5, 0.6) is 0 Å². The zero-order valence-corrected chi connectivity index (χ0v) is 21.2. The molecule has 8 heteroatoms. The number of nitrogens with zero attached hydrogens (tertiary/aromatic N) is 2. The first-order valence-corrected chi connectivity index (χ1v) is 14.0. The van der Waals surface area contributed by atoms with E-state index in [1.807, 2.05) is 0 Å². The lowest BCUT2D eigenvalue weighted by Crippen LogP contribution is -2.39. The first-order chi connectivity index (χ1) is 14.9. The summed E-state index contributed by atoms with van der Waals surface area (Å²) in [6.07, 6.45) is 3.36. The van der Waals surface area contributed by atoms with E-state index < -0.39 is 15.1 Å². The van der Waals surface area contributed by atoms with Crippen LogP contribution in [0.3, 0.4) is 0 Å². The molecule has 0 aliphatic carbocycles. The van der Waals surface area contributed by atoms with Crippen LogP contribution >= 0.6 is 38.9 Å². The van der Waals surface area contributed by atoms with Gasteiger partial charge in [-0.2, -0.15) is 0 Å². The molecule has 1 aromatic heterocycles. The number of hydrogen-bond donors (Lipinski definition) is 0. The lowest BCUT2D eigenvalue weighted by atomic mass is 10.1. The second-order valence-electron chi connectivity index (χ2n) is 7.77. The van der Waals surface area contributed by atoms with Gasteiger partial charge in [0.05, 0.1) is 20.9 Å². The number of aryl methyl sites for hydroxylation is 1. The first-order valence-electron chi connectivity index (χ1n) is 10.4. The molecule has 0 spiro atoms. The summed E-state index contributed by atoms with van der Waals surface area (Å²) in [4.78, 5) is 7.23. The molecule has 0 N–H and O–H groups in total. The number of rotatable bonds is 6. The van der Waals surface area contributed by atoms with Crippen LogP contribution in [0.25, 0.3) is 11.3 Å². The standard InChI is InChI=1S/C23H24BrClN2O2S2/c1-2-3-16-4-6-17(7-5-16)21-15-30-23(26-21)27-12-10-19(11-13-27)31(28,29)22-9-8-18(24)14-20(22)25/h4-9,14-15,19H,2-3,10-13H2,1H3. The quantitative estimate of drug-likeness (QED) is 0.353. The van der Waals surface area contributed by atoms with Gasteiger partial charge in [-0.3, -0.25) is 0 Å². The minimum atomic E-state index is -3.46. The predicted octanol–water partition coefficient (Wildman–Crippen LogP) is 6.62. The van der Waals surface area contributed by atoms with Gasteiger partial charge in [0.1, 0.15) is 0 Å². The van der Waals surface area contributed by atoms with Crippen molar-refractivity contribution in [1.29, 1.82) is 0 Å². The number of sulfone groups is 1. The third kappa shape index (κ3) is 5.00. The smallest absolute Gasteiger partial charge is 0.185 e. The Hall–Kier alpha value is -1.41. The maximum Gasteiger partial charge on any atom is 0.185 e. The van der Waals surface area contributed by atoms with Gasteiger partial charge in [0, 0.05) is 28.5 Å². The van der Waals surface area contributed by atoms with Gasteiger partial charge in [-0.1, -0.05) is 65.1 Å². The molecule has 0 atom stereocenters. The van der Waals surface area contributed by atoms with E-state index in [4.69, 9.17) is 16.6 Å². The van der Waals surface area contributed by atoms with E-state index >= 15 is 0 Å². The highest BCUT2D eigenvalue weighted by atomic mass is 79.9. The number of piperidine rings is 1. The molecule has 3 aromatic rings. The molecular weight excluding hydrogens is 516 g/mol. The van der Waals surface area contributed by atoms with Gasteiger partial charge in [-0.05, 0) is 43.0 Å². The van der Waals surface area contributed by atoms with Crippen LogP contribution in [0.15, 0.2) is 57.2 Å². The largest absolute Gasteiger partial charge is 0.348 e. The predicted molar refractivity (Wildman–Crippen MR) is 133 cm³/mol. The molecule has 0 unspecified atom stereocenters. The number of anilines is 1. The van der Waals surface area contributed by atoms with Gasteiger partial charge in [0.2, 0.25) is 0 Å². The molecule has 1 fully saturated rings. The summed E-state index contributed by atoms with van der Waals surface area (Å²) in [7, 11) is -3.46. The molecule has 2 heterocycles. The van der Waals surface area contributed by atoms with Gasteiger partial charge in [-0.15, -0.1) is 11.3 Å². The Kier molecular flexibility index (Phi) is 7.06. The molecule has 1 aliphatic rings. The molecule has 0 bridgehead atoms. The minimum absolute atomic E-state index is 0.221. The van der Waals surface area contributed by atoms with E-state index in [9.17, 15) is 8.42 Å². The molecule has 0 saturated carbocycles. The second kappa shape index (κ2) is 9.61. The topological polar surface area (TPSA) is 50.3 Å². The average molecular weight is 540 g/mol. The van der Waals surface area contributed by atoms with Gasteiger partial charge in [0.15, 0.2) is 15.0 Å². The fourth-order valence-corrected chi connectivity index (χ4v) is 7.58. The minimum Gasteiger partial charge on any atom is -0.348 e. The fraction of sp³-hybridized carbons (Fsp3) is 0.348. The highest BCUT2D eigenvalue weighted by Crippen LogP contribution is 2.34. The number of hydrogen-bond acceptors (Lipinski definition) is 5. The van der Waals surface area contributed by atoms with Crippen LogP contribution in [0.4, 0.5) is 5.13 Å². The molecule has 0 amide bonds. The maximum atomic E-state index is 13.1. The van der Waals surface area contributed by atoms with Crippen molar-refractivity contribution in [3.05, 3.63) is 62.9 Å². The zero-order valence-electron chi connectivity index (χ0n) is 17.2. The van der Waals surface area contributed by atoms with Crippen molar-refractivity contribution >= 4 is 53.8 Å². The van der Waals surface area contributed by atoms with Gasteiger partial charge < -0.3 is 4.90 Å². The number of benzene rings is 2. The fourth-order valence-electron chi connectivity index (χ4n) is 3.92. The lowest BCUT2D eigenvalue weighted by Gasteiger charge is -2.31. The van der Waals surface area contributed by atoms with Crippen molar-refractivity contribution in [3.63, 3.8) is 0 Å². The number of thiazole rings is 1. The summed E-state index contributed by atoms with van der Waals surface area (Å²) in [5.41, 5.74) is 3.43. The van der Waals surface area contributed by atoms with E-state index in [0.717, 1.165) is 33.7 Å².